The molecule has 6 nitrogen and oxygen atoms in total. The maximum Gasteiger partial charge on any atom is 0.410 e. The molecule has 0 spiro atoms. The molecule has 7 heteroatoms. The number of rotatable bonds is 3. The number of hydrogen-bond donors (Lipinski definition) is 0. The normalized spacial score (nSPS) is 19.4. The van der Waals surface area contributed by atoms with Crippen LogP contribution in [0.4, 0.5) is 4.79 Å². The summed E-state index contributed by atoms with van der Waals surface area (Å²) < 4.78 is 30.5. The van der Waals surface area contributed by atoms with Crippen molar-refractivity contribution in [2.75, 3.05) is 13.1 Å². The zero-order valence-electron chi connectivity index (χ0n) is 13.9. The Balaban J connectivity index is 2.04. The zero-order chi connectivity index (χ0) is 17.1. The van der Waals surface area contributed by atoms with Crippen LogP contribution in [-0.4, -0.2) is 48.3 Å². The molecule has 0 bridgehead atoms. The second-order valence-electron chi connectivity index (χ2n) is 6.82. The Bertz CT molecular complexity index is 638. The van der Waals surface area contributed by atoms with Gasteiger partial charge < -0.3 is 9.64 Å². The van der Waals surface area contributed by atoms with Crippen molar-refractivity contribution in [2.45, 2.75) is 50.2 Å². The van der Waals surface area contributed by atoms with Gasteiger partial charge in [-0.2, -0.15) is 0 Å². The summed E-state index contributed by atoms with van der Waals surface area (Å²) in [5.41, 5.74) is -0.0569. The predicted molar refractivity (Wildman–Crippen MR) is 87.7 cm³/mol. The fraction of sp³-hybridized carbons (Fsp3) is 0.625. The quantitative estimate of drug-likeness (QED) is 0.844. The highest BCUT2D eigenvalue weighted by Crippen LogP contribution is 2.22. The van der Waals surface area contributed by atoms with Gasteiger partial charge in [-0.1, -0.05) is 6.07 Å². The maximum atomic E-state index is 12.6. The van der Waals surface area contributed by atoms with Crippen LogP contribution in [0.2, 0.25) is 0 Å². The molecule has 0 aromatic carbocycles. The minimum absolute atomic E-state index is 0.0966. The molecular weight excluding hydrogens is 316 g/mol. The topological polar surface area (TPSA) is 76.6 Å². The number of aromatic nitrogens is 1. The minimum atomic E-state index is -3.36. The first-order chi connectivity index (χ1) is 10.7. The van der Waals surface area contributed by atoms with Gasteiger partial charge in [-0.3, -0.25) is 4.98 Å². The van der Waals surface area contributed by atoms with E-state index in [1.54, 1.807) is 45.2 Å². The maximum absolute atomic E-state index is 12.6. The van der Waals surface area contributed by atoms with E-state index in [4.69, 9.17) is 4.74 Å². The standard InChI is InChI=1S/C16H24N2O4S/c1-16(2,3)22-15(19)18-10-6-8-14(11-18)23(20,21)12-13-7-4-5-9-17-13/h4-5,7,9,14H,6,8,10-12H2,1-3H3. The molecule has 1 unspecified atom stereocenters. The Morgan fingerprint density at radius 2 is 2.13 bits per heavy atom. The van der Waals surface area contributed by atoms with Gasteiger partial charge in [0.05, 0.1) is 16.7 Å². The van der Waals surface area contributed by atoms with Crippen molar-refractivity contribution in [3.63, 3.8) is 0 Å². The molecule has 0 radical (unpaired) electrons. The number of pyridine rings is 1. The van der Waals surface area contributed by atoms with Gasteiger partial charge in [0.2, 0.25) is 0 Å². The van der Waals surface area contributed by atoms with Crippen LogP contribution in [0.3, 0.4) is 0 Å². The van der Waals surface area contributed by atoms with Crippen molar-refractivity contribution in [1.29, 1.82) is 0 Å². The zero-order valence-corrected chi connectivity index (χ0v) is 14.7. The molecule has 2 rings (SSSR count). The monoisotopic (exact) mass is 340 g/mol. The van der Waals surface area contributed by atoms with Gasteiger partial charge >= 0.3 is 6.09 Å². The highest BCUT2D eigenvalue weighted by atomic mass is 32.2. The lowest BCUT2D eigenvalue weighted by atomic mass is 10.1. The summed E-state index contributed by atoms with van der Waals surface area (Å²) in [5, 5.41) is -0.564. The molecule has 128 valence electrons. The number of ether oxygens (including phenoxy) is 1. The summed E-state index contributed by atoms with van der Waals surface area (Å²) in [6.45, 7) is 6.10. The molecule has 1 aromatic rings. The second-order valence-corrected chi connectivity index (χ2v) is 9.10. The SMILES string of the molecule is CC(C)(C)OC(=O)N1CCCC(S(=O)(=O)Cc2ccccn2)C1. The highest BCUT2D eigenvalue weighted by molar-refractivity contribution is 7.91. The number of piperidine rings is 1. The molecule has 0 saturated carbocycles. The van der Waals surface area contributed by atoms with E-state index < -0.39 is 26.8 Å². The van der Waals surface area contributed by atoms with Gasteiger partial charge in [-0.15, -0.1) is 0 Å². The predicted octanol–water partition coefficient (Wildman–Crippen LogP) is 2.40. The lowest BCUT2D eigenvalue weighted by Gasteiger charge is -2.33. The van der Waals surface area contributed by atoms with E-state index >= 15 is 0 Å². The summed E-state index contributed by atoms with van der Waals surface area (Å²) >= 11 is 0. The number of hydrogen-bond acceptors (Lipinski definition) is 5. The van der Waals surface area contributed by atoms with Crippen molar-refractivity contribution < 1.29 is 17.9 Å². The second kappa shape index (κ2) is 6.86. The average molecular weight is 340 g/mol. The van der Waals surface area contributed by atoms with E-state index in [-0.39, 0.29) is 12.3 Å². The largest absolute Gasteiger partial charge is 0.444 e. The van der Waals surface area contributed by atoms with Crippen molar-refractivity contribution in [3.8, 4) is 0 Å². The van der Waals surface area contributed by atoms with Gasteiger partial charge in [-0.25, -0.2) is 13.2 Å². The van der Waals surface area contributed by atoms with E-state index in [1.165, 1.54) is 4.90 Å². The number of nitrogens with zero attached hydrogens (tertiary/aromatic N) is 2. The molecule has 1 aromatic heterocycles. The summed E-state index contributed by atoms with van der Waals surface area (Å²) in [4.78, 5) is 17.7. The molecule has 0 N–H and O–H groups in total. The number of sulfone groups is 1. The van der Waals surface area contributed by atoms with Crippen LogP contribution in [0.1, 0.15) is 39.3 Å². The Hall–Kier alpha value is -1.63. The molecule has 1 atom stereocenters. The first-order valence-corrected chi connectivity index (χ1v) is 9.48. The van der Waals surface area contributed by atoms with Crippen LogP contribution >= 0.6 is 0 Å². The van der Waals surface area contributed by atoms with Crippen molar-refractivity contribution in [2.24, 2.45) is 0 Å². The van der Waals surface area contributed by atoms with Gasteiger partial charge in [0.25, 0.3) is 0 Å². The lowest BCUT2D eigenvalue weighted by Crippen LogP contribution is -2.47. The molecule has 1 amide bonds. The minimum Gasteiger partial charge on any atom is -0.444 e. The third-order valence-electron chi connectivity index (χ3n) is 3.61. The van der Waals surface area contributed by atoms with Gasteiger partial charge in [-0.05, 0) is 45.7 Å². The van der Waals surface area contributed by atoms with Crippen molar-refractivity contribution in [1.82, 2.24) is 9.88 Å². The van der Waals surface area contributed by atoms with Crippen LogP contribution in [-0.2, 0) is 20.3 Å². The summed E-state index contributed by atoms with van der Waals surface area (Å²) in [6, 6.07) is 5.22. The van der Waals surface area contributed by atoms with E-state index in [0.29, 0.717) is 25.1 Å². The number of amides is 1. The highest BCUT2D eigenvalue weighted by Gasteiger charge is 2.34. The fourth-order valence-corrected chi connectivity index (χ4v) is 4.28. The van der Waals surface area contributed by atoms with Gasteiger partial charge in [0.15, 0.2) is 9.84 Å². The van der Waals surface area contributed by atoms with Gasteiger partial charge in [0.1, 0.15) is 5.60 Å². The molecule has 1 aliphatic rings. The first kappa shape index (κ1) is 17.7. The molecule has 0 aliphatic carbocycles. The Kier molecular flexibility index (Phi) is 5.29. The van der Waals surface area contributed by atoms with E-state index in [2.05, 4.69) is 4.98 Å². The Morgan fingerprint density at radius 3 is 2.74 bits per heavy atom. The molecule has 2 heterocycles. The van der Waals surface area contributed by atoms with Crippen LogP contribution < -0.4 is 0 Å². The van der Waals surface area contributed by atoms with E-state index in [9.17, 15) is 13.2 Å². The lowest BCUT2D eigenvalue weighted by molar-refractivity contribution is 0.0219. The Morgan fingerprint density at radius 1 is 1.39 bits per heavy atom. The third-order valence-corrected chi connectivity index (χ3v) is 5.71. The number of carbonyl (C=O) groups is 1. The van der Waals surface area contributed by atoms with Gasteiger partial charge in [0, 0.05) is 19.3 Å². The summed E-state index contributed by atoms with van der Waals surface area (Å²) in [5.74, 6) is -0.0966. The van der Waals surface area contributed by atoms with Crippen LogP contribution in [0.15, 0.2) is 24.4 Å². The number of carbonyl (C=O) groups excluding carboxylic acids is 1. The molecule has 1 fully saturated rings. The smallest absolute Gasteiger partial charge is 0.410 e. The van der Waals surface area contributed by atoms with E-state index in [0.717, 1.165) is 0 Å². The molecule has 1 aliphatic heterocycles. The van der Waals surface area contributed by atoms with Crippen LogP contribution in [0.25, 0.3) is 0 Å². The fourth-order valence-electron chi connectivity index (χ4n) is 2.53. The molecule has 1 saturated heterocycles. The molecular formula is C16H24N2O4S. The van der Waals surface area contributed by atoms with Crippen molar-refractivity contribution >= 4 is 15.9 Å². The number of likely N-dealkylation sites (tertiary alicyclic amines) is 1. The summed E-state index contributed by atoms with van der Waals surface area (Å²) in [6.07, 6.45) is 2.36. The Labute approximate surface area is 137 Å². The summed E-state index contributed by atoms with van der Waals surface area (Å²) in [7, 11) is -3.36. The third kappa shape index (κ3) is 5.20. The molecule has 23 heavy (non-hydrogen) atoms. The van der Waals surface area contributed by atoms with E-state index in [1.807, 2.05) is 0 Å². The average Bonchev–Trinajstić information content (AvgIpc) is 2.46. The van der Waals surface area contributed by atoms with Crippen LogP contribution in [0.5, 0.6) is 0 Å². The van der Waals surface area contributed by atoms with Crippen molar-refractivity contribution in [3.05, 3.63) is 30.1 Å². The first-order valence-electron chi connectivity index (χ1n) is 7.77. The van der Waals surface area contributed by atoms with Crippen LogP contribution in [0, 0.1) is 0 Å².